The monoisotopic (exact) mass is 287 g/mol. The summed E-state index contributed by atoms with van der Waals surface area (Å²) >= 11 is 3.56. The number of methoxy groups -OCH3 is 2. The van der Waals surface area contributed by atoms with Crippen LogP contribution in [0.2, 0.25) is 0 Å². The van der Waals surface area contributed by atoms with Gasteiger partial charge in [-0.1, -0.05) is 6.92 Å². The van der Waals surface area contributed by atoms with E-state index in [0.717, 1.165) is 28.0 Å². The molecule has 2 N–H and O–H groups in total. The van der Waals surface area contributed by atoms with Crippen LogP contribution in [0.3, 0.4) is 0 Å². The predicted molar refractivity (Wildman–Crippen MR) is 69.3 cm³/mol. The van der Waals surface area contributed by atoms with Crippen molar-refractivity contribution >= 4 is 15.9 Å². The fourth-order valence-electron chi connectivity index (χ4n) is 1.74. The van der Waals surface area contributed by atoms with Gasteiger partial charge in [0.15, 0.2) is 0 Å². The van der Waals surface area contributed by atoms with Crippen LogP contribution in [0, 0.1) is 0 Å². The lowest BCUT2D eigenvalue weighted by molar-refractivity contribution is 0.392. The maximum atomic E-state index is 5.59. The topological polar surface area (TPSA) is 44.5 Å². The number of nitrogens with two attached hydrogens (primary N) is 1. The number of ether oxygens (including phenoxy) is 2. The van der Waals surface area contributed by atoms with Crippen LogP contribution >= 0.6 is 15.9 Å². The molecule has 1 aromatic rings. The molecule has 3 nitrogen and oxygen atoms in total. The molecule has 1 rings (SSSR count). The second-order valence-electron chi connectivity index (χ2n) is 3.68. The summed E-state index contributed by atoms with van der Waals surface area (Å²) in [5.41, 5.74) is 6.71. The van der Waals surface area contributed by atoms with Gasteiger partial charge in [-0.05, 0) is 46.9 Å². The lowest BCUT2D eigenvalue weighted by atomic mass is 9.96. The Morgan fingerprint density at radius 3 is 2.31 bits per heavy atom. The molecule has 0 fully saturated rings. The molecule has 0 saturated heterocycles. The van der Waals surface area contributed by atoms with E-state index in [0.29, 0.717) is 12.5 Å². The van der Waals surface area contributed by atoms with Crippen molar-refractivity contribution in [2.45, 2.75) is 19.3 Å². The molecule has 90 valence electrons. The van der Waals surface area contributed by atoms with Gasteiger partial charge in [0.1, 0.15) is 11.5 Å². The van der Waals surface area contributed by atoms with Gasteiger partial charge >= 0.3 is 0 Å². The molecule has 1 aromatic carbocycles. The number of hydrogen-bond acceptors (Lipinski definition) is 3. The highest BCUT2D eigenvalue weighted by molar-refractivity contribution is 9.10. The maximum absolute atomic E-state index is 5.59. The largest absolute Gasteiger partial charge is 0.496 e. The van der Waals surface area contributed by atoms with Crippen LogP contribution in [-0.2, 0) is 0 Å². The molecule has 1 unspecified atom stereocenters. The summed E-state index contributed by atoms with van der Waals surface area (Å²) < 4.78 is 11.6. The summed E-state index contributed by atoms with van der Waals surface area (Å²) in [7, 11) is 3.33. The van der Waals surface area contributed by atoms with Gasteiger partial charge in [-0.3, -0.25) is 0 Å². The Labute approximate surface area is 105 Å². The van der Waals surface area contributed by atoms with Crippen molar-refractivity contribution in [3.63, 3.8) is 0 Å². The van der Waals surface area contributed by atoms with Crippen LogP contribution < -0.4 is 15.2 Å². The minimum atomic E-state index is 0.337. The first kappa shape index (κ1) is 13.3. The summed E-state index contributed by atoms with van der Waals surface area (Å²) in [6.45, 7) is 2.79. The van der Waals surface area contributed by atoms with Crippen molar-refractivity contribution in [2.75, 3.05) is 20.8 Å². The molecule has 0 radical (unpaired) electrons. The minimum Gasteiger partial charge on any atom is -0.496 e. The smallest absolute Gasteiger partial charge is 0.133 e. The van der Waals surface area contributed by atoms with Crippen molar-refractivity contribution in [1.29, 1.82) is 0 Å². The summed E-state index contributed by atoms with van der Waals surface area (Å²) in [6.07, 6.45) is 0.919. The summed E-state index contributed by atoms with van der Waals surface area (Å²) in [4.78, 5) is 0. The number of hydrogen-bond donors (Lipinski definition) is 1. The summed E-state index contributed by atoms with van der Waals surface area (Å²) in [5, 5.41) is 0. The quantitative estimate of drug-likeness (QED) is 0.906. The van der Waals surface area contributed by atoms with E-state index in [-0.39, 0.29) is 0 Å². The van der Waals surface area contributed by atoms with Gasteiger partial charge in [0.05, 0.1) is 18.7 Å². The number of benzene rings is 1. The molecule has 4 heteroatoms. The Bertz CT molecular complexity index is 355. The maximum Gasteiger partial charge on any atom is 0.133 e. The molecule has 0 aromatic heterocycles. The van der Waals surface area contributed by atoms with Gasteiger partial charge in [0.25, 0.3) is 0 Å². The van der Waals surface area contributed by atoms with Gasteiger partial charge in [-0.25, -0.2) is 0 Å². The molecular formula is C12H18BrNO2. The first-order valence-electron chi connectivity index (χ1n) is 5.26. The van der Waals surface area contributed by atoms with E-state index in [2.05, 4.69) is 22.9 Å². The van der Waals surface area contributed by atoms with Crippen molar-refractivity contribution < 1.29 is 9.47 Å². The van der Waals surface area contributed by atoms with E-state index in [1.807, 2.05) is 12.1 Å². The minimum absolute atomic E-state index is 0.337. The molecule has 0 saturated carbocycles. The first-order valence-corrected chi connectivity index (χ1v) is 6.05. The zero-order valence-electron chi connectivity index (χ0n) is 9.92. The summed E-state index contributed by atoms with van der Waals surface area (Å²) in [5.74, 6) is 2.03. The molecule has 1 atom stereocenters. The Kier molecular flexibility index (Phi) is 5.09. The third-order valence-corrected chi connectivity index (χ3v) is 3.45. The van der Waals surface area contributed by atoms with Crippen LogP contribution in [0.4, 0.5) is 0 Å². The van der Waals surface area contributed by atoms with Gasteiger partial charge in [0.2, 0.25) is 0 Å². The lowest BCUT2D eigenvalue weighted by Crippen LogP contribution is -2.07. The molecule has 0 bridgehead atoms. The van der Waals surface area contributed by atoms with Gasteiger partial charge in [-0.2, -0.15) is 0 Å². The van der Waals surface area contributed by atoms with E-state index >= 15 is 0 Å². The zero-order chi connectivity index (χ0) is 12.1. The van der Waals surface area contributed by atoms with Gasteiger partial charge < -0.3 is 15.2 Å². The Hall–Kier alpha value is -0.740. The van der Waals surface area contributed by atoms with Crippen LogP contribution in [0.25, 0.3) is 0 Å². The normalized spacial score (nSPS) is 12.3. The highest BCUT2D eigenvalue weighted by Crippen LogP contribution is 2.40. The zero-order valence-corrected chi connectivity index (χ0v) is 11.5. The van der Waals surface area contributed by atoms with E-state index < -0.39 is 0 Å². The van der Waals surface area contributed by atoms with Crippen molar-refractivity contribution in [2.24, 2.45) is 5.73 Å². The number of halogens is 1. The molecule has 0 spiro atoms. The highest BCUT2D eigenvalue weighted by atomic mass is 79.9. The van der Waals surface area contributed by atoms with Crippen molar-refractivity contribution in [3.8, 4) is 11.5 Å². The van der Waals surface area contributed by atoms with Crippen LogP contribution in [-0.4, -0.2) is 20.8 Å². The van der Waals surface area contributed by atoms with E-state index in [1.165, 1.54) is 0 Å². The predicted octanol–water partition coefficient (Wildman–Crippen LogP) is 2.92. The highest BCUT2D eigenvalue weighted by Gasteiger charge is 2.17. The second-order valence-corrected chi connectivity index (χ2v) is 4.47. The van der Waals surface area contributed by atoms with E-state index in [1.54, 1.807) is 14.2 Å². The Morgan fingerprint density at radius 2 is 1.81 bits per heavy atom. The number of rotatable bonds is 5. The lowest BCUT2D eigenvalue weighted by Gasteiger charge is -2.18. The Morgan fingerprint density at radius 1 is 1.25 bits per heavy atom. The molecule has 0 amide bonds. The van der Waals surface area contributed by atoms with Crippen LogP contribution in [0.1, 0.15) is 24.8 Å². The Balaban J connectivity index is 3.20. The molecule has 0 aliphatic heterocycles. The SMILES string of the molecule is COc1ccc(OC)c(C(C)CCN)c1Br. The second kappa shape index (κ2) is 6.11. The standard InChI is InChI=1S/C12H18BrNO2/c1-8(6-7-14)11-9(15-2)4-5-10(16-3)12(11)13/h4-5,8H,6-7,14H2,1-3H3. The third kappa shape index (κ3) is 2.68. The molecule has 0 heterocycles. The fourth-order valence-corrected chi connectivity index (χ4v) is 2.62. The van der Waals surface area contributed by atoms with Crippen LogP contribution in [0.5, 0.6) is 11.5 Å². The van der Waals surface area contributed by atoms with Crippen LogP contribution in [0.15, 0.2) is 16.6 Å². The fraction of sp³-hybridized carbons (Fsp3) is 0.500. The first-order chi connectivity index (χ1) is 7.65. The van der Waals surface area contributed by atoms with Crippen molar-refractivity contribution in [3.05, 3.63) is 22.2 Å². The van der Waals surface area contributed by atoms with E-state index in [4.69, 9.17) is 15.2 Å². The van der Waals surface area contributed by atoms with Gasteiger partial charge in [-0.15, -0.1) is 0 Å². The molecule has 0 aliphatic rings. The van der Waals surface area contributed by atoms with Crippen molar-refractivity contribution in [1.82, 2.24) is 0 Å². The average Bonchev–Trinajstić information content (AvgIpc) is 2.28. The average molecular weight is 288 g/mol. The van der Waals surface area contributed by atoms with E-state index in [9.17, 15) is 0 Å². The molecule has 0 aliphatic carbocycles. The van der Waals surface area contributed by atoms with Gasteiger partial charge in [0, 0.05) is 5.56 Å². The molecular weight excluding hydrogens is 270 g/mol. The molecule has 16 heavy (non-hydrogen) atoms. The summed E-state index contributed by atoms with van der Waals surface area (Å²) in [6, 6.07) is 3.81. The third-order valence-electron chi connectivity index (χ3n) is 2.64.